The molecule has 1 aliphatic rings. The molecule has 5 nitrogen and oxygen atoms in total. The first-order valence-corrected chi connectivity index (χ1v) is 11.3. The van der Waals surface area contributed by atoms with E-state index in [9.17, 15) is 13.2 Å². The van der Waals surface area contributed by atoms with E-state index in [-0.39, 0.29) is 10.8 Å². The van der Waals surface area contributed by atoms with Crippen molar-refractivity contribution in [3.63, 3.8) is 0 Å². The molecule has 0 spiro atoms. The van der Waals surface area contributed by atoms with Crippen molar-refractivity contribution in [2.75, 3.05) is 16.2 Å². The average molecular weight is 421 g/mol. The van der Waals surface area contributed by atoms with Gasteiger partial charge in [-0.1, -0.05) is 35.9 Å². The Morgan fingerprint density at radius 2 is 1.60 bits per heavy atom. The fourth-order valence-corrected chi connectivity index (χ4v) is 5.88. The molecule has 0 bridgehead atoms. The molecule has 1 amide bonds. The zero-order chi connectivity index (χ0) is 21.6. The van der Waals surface area contributed by atoms with Crippen molar-refractivity contribution in [1.29, 1.82) is 0 Å². The highest BCUT2D eigenvalue weighted by Crippen LogP contribution is 2.43. The van der Waals surface area contributed by atoms with E-state index in [4.69, 9.17) is 0 Å². The molecule has 1 aliphatic heterocycles. The lowest BCUT2D eigenvalue weighted by molar-refractivity contribution is 0.102. The molecule has 0 radical (unpaired) electrons. The van der Waals surface area contributed by atoms with Crippen molar-refractivity contribution in [3.05, 3.63) is 76.9 Å². The highest BCUT2D eigenvalue weighted by Gasteiger charge is 2.34. The summed E-state index contributed by atoms with van der Waals surface area (Å²) in [6, 6.07) is 16.2. The molecule has 6 heteroatoms. The normalized spacial score (nSPS) is 14.1. The van der Waals surface area contributed by atoms with Gasteiger partial charge in [-0.05, 0) is 63.1 Å². The lowest BCUT2D eigenvalue weighted by Gasteiger charge is -2.31. The van der Waals surface area contributed by atoms with Gasteiger partial charge in [0, 0.05) is 28.9 Å². The van der Waals surface area contributed by atoms with Crippen molar-refractivity contribution in [1.82, 2.24) is 0 Å². The molecule has 0 atom stereocenters. The molecule has 0 aromatic heterocycles. The fourth-order valence-electron chi connectivity index (χ4n) is 4.18. The Bertz CT molecular complexity index is 1260. The standard InChI is InChI=1S/C24H24N2O3S/c1-5-26-21-11-10-18(24(27)25-23-16(3)12-15(2)13-17(23)4)14-20(21)19-8-6-7-9-22(19)30(26,28)29/h6-14H,5H2,1-4H3,(H,25,27). The Morgan fingerprint density at radius 3 is 2.27 bits per heavy atom. The quantitative estimate of drug-likeness (QED) is 0.644. The van der Waals surface area contributed by atoms with Crippen LogP contribution in [0.4, 0.5) is 11.4 Å². The van der Waals surface area contributed by atoms with E-state index in [0.717, 1.165) is 27.9 Å². The van der Waals surface area contributed by atoms with Crippen molar-refractivity contribution in [2.45, 2.75) is 32.6 Å². The molecule has 0 unspecified atom stereocenters. The zero-order valence-electron chi connectivity index (χ0n) is 17.5. The third-order valence-corrected chi connectivity index (χ3v) is 7.42. The second kappa shape index (κ2) is 7.29. The van der Waals surface area contributed by atoms with Gasteiger partial charge in [-0.25, -0.2) is 8.42 Å². The topological polar surface area (TPSA) is 66.5 Å². The Balaban J connectivity index is 1.79. The summed E-state index contributed by atoms with van der Waals surface area (Å²) in [5.41, 5.74) is 6.41. The number of nitrogens with zero attached hydrogens (tertiary/aromatic N) is 1. The summed E-state index contributed by atoms with van der Waals surface area (Å²) >= 11 is 0. The van der Waals surface area contributed by atoms with Crippen LogP contribution in [-0.2, 0) is 10.0 Å². The largest absolute Gasteiger partial charge is 0.322 e. The zero-order valence-corrected chi connectivity index (χ0v) is 18.3. The summed E-state index contributed by atoms with van der Waals surface area (Å²) in [7, 11) is -3.61. The van der Waals surface area contributed by atoms with Crippen LogP contribution in [0.5, 0.6) is 0 Å². The van der Waals surface area contributed by atoms with Crippen LogP contribution in [-0.4, -0.2) is 20.9 Å². The van der Waals surface area contributed by atoms with Gasteiger partial charge < -0.3 is 5.32 Å². The predicted molar refractivity (Wildman–Crippen MR) is 121 cm³/mol. The second-order valence-corrected chi connectivity index (χ2v) is 9.46. The molecule has 1 N–H and O–H groups in total. The van der Waals surface area contributed by atoms with Crippen LogP contribution in [0.25, 0.3) is 11.1 Å². The molecule has 4 rings (SSSR count). The SMILES string of the molecule is CCN1c2ccc(C(=O)Nc3c(C)cc(C)cc3C)cc2-c2ccccc2S1(=O)=O. The van der Waals surface area contributed by atoms with Gasteiger partial charge in [0.25, 0.3) is 15.9 Å². The van der Waals surface area contributed by atoms with E-state index in [1.807, 2.05) is 39.0 Å². The van der Waals surface area contributed by atoms with E-state index in [0.29, 0.717) is 23.4 Å². The number of anilines is 2. The van der Waals surface area contributed by atoms with E-state index >= 15 is 0 Å². The van der Waals surface area contributed by atoms with E-state index < -0.39 is 10.0 Å². The van der Waals surface area contributed by atoms with Crippen molar-refractivity contribution < 1.29 is 13.2 Å². The third-order valence-electron chi connectivity index (χ3n) is 5.48. The summed E-state index contributed by atoms with van der Waals surface area (Å²) in [4.78, 5) is 13.3. The van der Waals surface area contributed by atoms with Crippen molar-refractivity contribution in [2.24, 2.45) is 0 Å². The smallest absolute Gasteiger partial charge is 0.264 e. The van der Waals surface area contributed by atoms with Crippen molar-refractivity contribution in [3.8, 4) is 11.1 Å². The lowest BCUT2D eigenvalue weighted by atomic mass is 9.99. The van der Waals surface area contributed by atoms with Crippen LogP contribution in [0.15, 0.2) is 59.5 Å². The average Bonchev–Trinajstić information content (AvgIpc) is 2.70. The van der Waals surface area contributed by atoms with E-state index in [2.05, 4.69) is 5.32 Å². The van der Waals surface area contributed by atoms with Gasteiger partial charge in [0.2, 0.25) is 0 Å². The summed E-state index contributed by atoms with van der Waals surface area (Å²) in [5, 5.41) is 3.02. The highest BCUT2D eigenvalue weighted by molar-refractivity contribution is 7.93. The number of carbonyl (C=O) groups is 1. The first-order valence-electron chi connectivity index (χ1n) is 9.89. The van der Waals surface area contributed by atoms with Crippen LogP contribution in [0.1, 0.15) is 34.0 Å². The molecule has 3 aromatic rings. The Labute approximate surface area is 177 Å². The molecule has 1 heterocycles. The summed E-state index contributed by atoms with van der Waals surface area (Å²) in [6.07, 6.45) is 0. The number of amides is 1. The number of rotatable bonds is 3. The number of nitrogens with one attached hydrogen (secondary N) is 1. The van der Waals surface area contributed by atoms with Crippen LogP contribution < -0.4 is 9.62 Å². The monoisotopic (exact) mass is 420 g/mol. The number of sulfonamides is 1. The minimum absolute atomic E-state index is 0.221. The highest BCUT2D eigenvalue weighted by atomic mass is 32.2. The number of hydrogen-bond acceptors (Lipinski definition) is 3. The van der Waals surface area contributed by atoms with Gasteiger partial charge in [-0.3, -0.25) is 9.10 Å². The molecular formula is C24H24N2O3S. The van der Waals surface area contributed by atoms with Crippen LogP contribution >= 0.6 is 0 Å². The number of hydrogen-bond donors (Lipinski definition) is 1. The maximum atomic E-state index is 13.0. The molecule has 3 aromatic carbocycles. The Morgan fingerprint density at radius 1 is 0.933 bits per heavy atom. The number of benzene rings is 3. The predicted octanol–water partition coefficient (Wildman–Crippen LogP) is 5.06. The summed E-state index contributed by atoms with van der Waals surface area (Å²) in [5.74, 6) is -0.221. The number of carbonyl (C=O) groups excluding carboxylic acids is 1. The maximum Gasteiger partial charge on any atom is 0.264 e. The van der Waals surface area contributed by atoms with Gasteiger partial charge in [0.05, 0.1) is 10.6 Å². The van der Waals surface area contributed by atoms with Crippen LogP contribution in [0.3, 0.4) is 0 Å². The Hall–Kier alpha value is -3.12. The summed E-state index contributed by atoms with van der Waals surface area (Å²) in [6.45, 7) is 8.10. The summed E-state index contributed by atoms with van der Waals surface area (Å²) < 4.78 is 27.4. The first-order chi connectivity index (χ1) is 14.2. The molecular weight excluding hydrogens is 396 g/mol. The molecule has 0 saturated carbocycles. The Kier molecular flexibility index (Phi) is 4.90. The van der Waals surface area contributed by atoms with Crippen molar-refractivity contribution >= 4 is 27.3 Å². The second-order valence-electron chi connectivity index (χ2n) is 7.63. The van der Waals surface area contributed by atoms with Gasteiger partial charge >= 0.3 is 0 Å². The first kappa shape index (κ1) is 20.2. The minimum Gasteiger partial charge on any atom is -0.322 e. The molecule has 0 saturated heterocycles. The van der Waals surface area contributed by atoms with Crippen LogP contribution in [0, 0.1) is 20.8 Å². The van der Waals surface area contributed by atoms with Gasteiger partial charge in [-0.15, -0.1) is 0 Å². The van der Waals surface area contributed by atoms with E-state index in [1.165, 1.54) is 4.31 Å². The minimum atomic E-state index is -3.61. The number of aryl methyl sites for hydroxylation is 3. The fraction of sp³-hybridized carbons (Fsp3) is 0.208. The van der Waals surface area contributed by atoms with Gasteiger partial charge in [-0.2, -0.15) is 0 Å². The molecule has 154 valence electrons. The lowest BCUT2D eigenvalue weighted by Crippen LogP contribution is -2.34. The molecule has 0 aliphatic carbocycles. The molecule has 30 heavy (non-hydrogen) atoms. The van der Waals surface area contributed by atoms with Gasteiger partial charge in [0.1, 0.15) is 0 Å². The molecule has 0 fully saturated rings. The van der Waals surface area contributed by atoms with Gasteiger partial charge in [0.15, 0.2) is 0 Å². The van der Waals surface area contributed by atoms with E-state index in [1.54, 1.807) is 43.3 Å². The maximum absolute atomic E-state index is 13.0. The third kappa shape index (κ3) is 3.17. The number of fused-ring (bicyclic) bond motifs is 3. The van der Waals surface area contributed by atoms with Crippen LogP contribution in [0.2, 0.25) is 0 Å².